The molecule has 1 atom stereocenters. The van der Waals surface area contributed by atoms with Crippen LogP contribution in [-0.4, -0.2) is 41.2 Å². The van der Waals surface area contributed by atoms with Crippen LogP contribution < -0.4 is 0 Å². The molecule has 114 valence electrons. The maximum atomic E-state index is 12.5. The summed E-state index contributed by atoms with van der Waals surface area (Å²) in [6.07, 6.45) is 5.04. The predicted molar refractivity (Wildman–Crippen MR) is 82.9 cm³/mol. The van der Waals surface area contributed by atoms with Gasteiger partial charge in [-0.25, -0.2) is 0 Å². The third-order valence-corrected chi connectivity index (χ3v) is 5.38. The van der Waals surface area contributed by atoms with E-state index in [2.05, 4.69) is 5.38 Å². The highest BCUT2D eigenvalue weighted by Crippen LogP contribution is 2.30. The van der Waals surface area contributed by atoms with Gasteiger partial charge in [-0.05, 0) is 35.2 Å². The zero-order valence-corrected chi connectivity index (χ0v) is 13.3. The summed E-state index contributed by atoms with van der Waals surface area (Å²) in [7, 11) is 1.84. The molecule has 5 heteroatoms. The van der Waals surface area contributed by atoms with Crippen LogP contribution in [0.15, 0.2) is 16.8 Å². The maximum Gasteiger partial charge on any atom is 0.228 e. The van der Waals surface area contributed by atoms with Crippen molar-refractivity contribution in [2.75, 3.05) is 13.6 Å². The zero-order chi connectivity index (χ0) is 14.8. The highest BCUT2D eigenvalue weighted by atomic mass is 32.1. The van der Waals surface area contributed by atoms with Gasteiger partial charge in [0.15, 0.2) is 0 Å². The van der Waals surface area contributed by atoms with Crippen molar-refractivity contribution in [3.63, 3.8) is 0 Å². The fourth-order valence-electron chi connectivity index (χ4n) is 3.51. The first-order valence-corrected chi connectivity index (χ1v) is 8.65. The summed E-state index contributed by atoms with van der Waals surface area (Å²) in [5.74, 6) is 0.126. The number of nitrogens with zero attached hydrogens (tertiary/aromatic N) is 2. The van der Waals surface area contributed by atoms with Crippen molar-refractivity contribution in [1.82, 2.24) is 9.80 Å². The molecule has 0 aromatic carbocycles. The molecule has 21 heavy (non-hydrogen) atoms. The number of hydrogen-bond donors (Lipinski definition) is 0. The van der Waals surface area contributed by atoms with E-state index < -0.39 is 0 Å². The molecule has 1 aliphatic heterocycles. The van der Waals surface area contributed by atoms with Gasteiger partial charge in [0.25, 0.3) is 0 Å². The molecular formula is C16H22N2O2S. The lowest BCUT2D eigenvalue weighted by molar-refractivity contribution is -0.135. The highest BCUT2D eigenvalue weighted by Gasteiger charge is 2.39. The molecule has 1 saturated heterocycles. The van der Waals surface area contributed by atoms with Gasteiger partial charge in [-0.15, -0.1) is 0 Å². The van der Waals surface area contributed by atoms with Crippen molar-refractivity contribution in [1.29, 1.82) is 0 Å². The minimum absolute atomic E-state index is 0.107. The van der Waals surface area contributed by atoms with Gasteiger partial charge >= 0.3 is 0 Å². The van der Waals surface area contributed by atoms with Gasteiger partial charge in [-0.2, -0.15) is 11.3 Å². The minimum atomic E-state index is -0.151. The van der Waals surface area contributed by atoms with Crippen LogP contribution in [0.5, 0.6) is 0 Å². The van der Waals surface area contributed by atoms with Crippen LogP contribution in [0.1, 0.15) is 37.7 Å². The molecule has 0 bridgehead atoms. The fourth-order valence-corrected chi connectivity index (χ4v) is 4.17. The number of rotatable bonds is 4. The average molecular weight is 306 g/mol. The third kappa shape index (κ3) is 3.12. The lowest BCUT2D eigenvalue weighted by atomic mass is 10.1. The molecule has 1 aromatic rings. The maximum absolute atomic E-state index is 12.5. The number of carbonyl (C=O) groups excluding carboxylic acids is 2. The fraction of sp³-hybridized carbons (Fsp3) is 0.625. The van der Waals surface area contributed by atoms with Crippen molar-refractivity contribution in [2.45, 2.75) is 44.7 Å². The Morgan fingerprint density at radius 1 is 1.43 bits per heavy atom. The van der Waals surface area contributed by atoms with Gasteiger partial charge in [0.05, 0.1) is 5.92 Å². The first-order valence-electron chi connectivity index (χ1n) is 7.70. The van der Waals surface area contributed by atoms with Gasteiger partial charge in [-0.1, -0.05) is 12.8 Å². The molecule has 3 rings (SSSR count). The van der Waals surface area contributed by atoms with Crippen LogP contribution in [0.3, 0.4) is 0 Å². The molecule has 0 spiro atoms. The molecule has 2 fully saturated rings. The Balaban J connectivity index is 1.59. The molecular weight excluding hydrogens is 284 g/mol. The minimum Gasteiger partial charge on any atom is -0.341 e. The van der Waals surface area contributed by atoms with Crippen molar-refractivity contribution < 1.29 is 9.59 Å². The number of hydrogen-bond acceptors (Lipinski definition) is 3. The molecule has 4 nitrogen and oxygen atoms in total. The number of likely N-dealkylation sites (tertiary alicyclic amines) is 1. The number of thiophene rings is 1. The smallest absolute Gasteiger partial charge is 0.228 e. The van der Waals surface area contributed by atoms with E-state index in [0.29, 0.717) is 25.6 Å². The Hall–Kier alpha value is -1.36. The van der Waals surface area contributed by atoms with Crippen LogP contribution in [0.2, 0.25) is 0 Å². The highest BCUT2D eigenvalue weighted by molar-refractivity contribution is 7.07. The molecule has 2 heterocycles. The summed E-state index contributed by atoms with van der Waals surface area (Å²) in [6.45, 7) is 1.26. The third-order valence-electron chi connectivity index (χ3n) is 4.65. The van der Waals surface area contributed by atoms with Gasteiger partial charge in [0.1, 0.15) is 0 Å². The standard InChI is InChI=1S/C16H22N2O2S/c1-17(9-12-6-7-21-11-12)16(20)13-8-15(19)18(10-13)14-4-2-3-5-14/h6-7,11,13-14H,2-5,8-10H2,1H3/t13-/m0/s1. The van der Waals surface area contributed by atoms with Crippen LogP contribution in [0.4, 0.5) is 0 Å². The Labute approximate surface area is 129 Å². The topological polar surface area (TPSA) is 40.6 Å². The first-order chi connectivity index (χ1) is 10.1. The molecule has 1 saturated carbocycles. The summed E-state index contributed by atoms with van der Waals surface area (Å²) >= 11 is 1.64. The largest absolute Gasteiger partial charge is 0.341 e. The van der Waals surface area contributed by atoms with Crippen molar-refractivity contribution in [3.05, 3.63) is 22.4 Å². The van der Waals surface area contributed by atoms with Crippen molar-refractivity contribution in [3.8, 4) is 0 Å². The zero-order valence-electron chi connectivity index (χ0n) is 12.5. The van der Waals surface area contributed by atoms with Crippen LogP contribution in [0, 0.1) is 5.92 Å². The van der Waals surface area contributed by atoms with Crippen LogP contribution in [0.25, 0.3) is 0 Å². The van der Waals surface area contributed by atoms with Crippen LogP contribution in [-0.2, 0) is 16.1 Å². The molecule has 2 aliphatic rings. The molecule has 1 aromatic heterocycles. The Morgan fingerprint density at radius 3 is 2.86 bits per heavy atom. The quantitative estimate of drug-likeness (QED) is 0.857. The number of carbonyl (C=O) groups is 2. The van der Waals surface area contributed by atoms with E-state index in [1.54, 1.807) is 16.2 Å². The Kier molecular flexibility index (Phi) is 4.29. The summed E-state index contributed by atoms with van der Waals surface area (Å²) in [4.78, 5) is 28.4. The van der Waals surface area contributed by atoms with E-state index in [1.807, 2.05) is 23.4 Å². The van der Waals surface area contributed by atoms with Crippen LogP contribution >= 0.6 is 11.3 Å². The van der Waals surface area contributed by atoms with E-state index >= 15 is 0 Å². The van der Waals surface area contributed by atoms with Crippen molar-refractivity contribution in [2.24, 2.45) is 5.92 Å². The molecule has 0 N–H and O–H groups in total. The van der Waals surface area contributed by atoms with E-state index in [-0.39, 0.29) is 17.7 Å². The lowest BCUT2D eigenvalue weighted by Gasteiger charge is -2.25. The van der Waals surface area contributed by atoms with E-state index in [4.69, 9.17) is 0 Å². The second-order valence-corrected chi connectivity index (χ2v) is 6.99. The SMILES string of the molecule is CN(Cc1ccsc1)C(=O)[C@H]1CC(=O)N(C2CCCC2)C1. The summed E-state index contributed by atoms with van der Waals surface area (Å²) in [5.41, 5.74) is 1.16. The van der Waals surface area contributed by atoms with E-state index in [0.717, 1.165) is 18.4 Å². The van der Waals surface area contributed by atoms with E-state index in [9.17, 15) is 9.59 Å². The Morgan fingerprint density at radius 2 is 2.19 bits per heavy atom. The van der Waals surface area contributed by atoms with Gasteiger partial charge in [0.2, 0.25) is 11.8 Å². The normalized spacial score (nSPS) is 23.0. The summed E-state index contributed by atoms with van der Waals surface area (Å²) in [6, 6.07) is 2.43. The molecule has 2 amide bonds. The van der Waals surface area contributed by atoms with Crippen molar-refractivity contribution >= 4 is 23.2 Å². The molecule has 0 unspecified atom stereocenters. The predicted octanol–water partition coefficient (Wildman–Crippen LogP) is 2.50. The first kappa shape index (κ1) is 14.6. The summed E-state index contributed by atoms with van der Waals surface area (Å²) < 4.78 is 0. The second kappa shape index (κ2) is 6.18. The molecule has 0 radical (unpaired) electrons. The van der Waals surface area contributed by atoms with Gasteiger partial charge in [-0.3, -0.25) is 9.59 Å². The second-order valence-electron chi connectivity index (χ2n) is 6.21. The number of amides is 2. The average Bonchev–Trinajstić information content (AvgIpc) is 3.17. The van der Waals surface area contributed by atoms with Gasteiger partial charge in [0, 0.05) is 32.6 Å². The Bertz CT molecular complexity index is 508. The lowest BCUT2D eigenvalue weighted by Crippen LogP contribution is -2.37. The van der Waals surface area contributed by atoms with Gasteiger partial charge < -0.3 is 9.80 Å². The molecule has 1 aliphatic carbocycles. The summed E-state index contributed by atoms with van der Waals surface area (Å²) in [5, 5.41) is 4.09. The van der Waals surface area contributed by atoms with E-state index in [1.165, 1.54) is 12.8 Å². The monoisotopic (exact) mass is 306 g/mol.